The second kappa shape index (κ2) is 4.85. The van der Waals surface area contributed by atoms with Crippen LogP contribution in [0.5, 0.6) is 0 Å². The molecule has 3 heteroatoms. The summed E-state index contributed by atoms with van der Waals surface area (Å²) in [5, 5.41) is 0.394. The highest BCUT2D eigenvalue weighted by atomic mass is 35.5. The summed E-state index contributed by atoms with van der Waals surface area (Å²) >= 11 is 5.44. The molecule has 0 rings (SSSR count). The highest BCUT2D eigenvalue weighted by molar-refractivity contribution is 6.64. The first kappa shape index (κ1) is 10.1. The lowest BCUT2D eigenvalue weighted by atomic mass is 10.2. The predicted molar refractivity (Wildman–Crippen MR) is 47.9 cm³/mol. The fourth-order valence-electron chi connectivity index (χ4n) is 0.446. The standard InChI is InChI=1S/C8H10ClNO/c1-4-8(6(2)11)5-10-7(3)9/h4-5H,1H2,2-3H3/b8-5+,10-7?. The van der Waals surface area contributed by atoms with Crippen molar-refractivity contribution in [1.82, 2.24) is 0 Å². The van der Waals surface area contributed by atoms with Gasteiger partial charge in [-0.1, -0.05) is 24.3 Å². The van der Waals surface area contributed by atoms with Crippen molar-refractivity contribution < 1.29 is 4.79 Å². The van der Waals surface area contributed by atoms with Gasteiger partial charge in [0, 0.05) is 11.8 Å². The van der Waals surface area contributed by atoms with Gasteiger partial charge in [-0.3, -0.25) is 4.79 Å². The van der Waals surface area contributed by atoms with Crippen LogP contribution in [0.25, 0.3) is 0 Å². The number of aliphatic imine (C=N–C) groups is 1. The molecule has 0 aromatic heterocycles. The van der Waals surface area contributed by atoms with E-state index in [2.05, 4.69) is 11.6 Å². The summed E-state index contributed by atoms with van der Waals surface area (Å²) in [4.78, 5) is 14.5. The maximum Gasteiger partial charge on any atom is 0.161 e. The molecule has 0 aromatic rings. The van der Waals surface area contributed by atoms with Gasteiger partial charge in [-0.15, -0.1) is 0 Å². The van der Waals surface area contributed by atoms with Crippen LogP contribution < -0.4 is 0 Å². The van der Waals surface area contributed by atoms with Crippen LogP contribution in [0.2, 0.25) is 0 Å². The lowest BCUT2D eigenvalue weighted by Gasteiger charge is -1.90. The van der Waals surface area contributed by atoms with E-state index in [9.17, 15) is 4.79 Å². The highest BCUT2D eigenvalue weighted by Crippen LogP contribution is 1.98. The molecular formula is C8H10ClNO. The van der Waals surface area contributed by atoms with Crippen LogP contribution in [0.15, 0.2) is 29.4 Å². The quantitative estimate of drug-likeness (QED) is 0.364. The number of allylic oxidation sites excluding steroid dienone is 2. The maximum atomic E-state index is 10.7. The van der Waals surface area contributed by atoms with Gasteiger partial charge in [-0.05, 0) is 13.8 Å². The molecule has 60 valence electrons. The van der Waals surface area contributed by atoms with Crippen LogP contribution in [0.1, 0.15) is 13.8 Å². The molecule has 0 amide bonds. The van der Waals surface area contributed by atoms with Crippen LogP contribution in [-0.2, 0) is 4.79 Å². The molecular weight excluding hydrogens is 162 g/mol. The van der Waals surface area contributed by atoms with E-state index in [1.165, 1.54) is 19.2 Å². The van der Waals surface area contributed by atoms with E-state index in [0.717, 1.165) is 0 Å². The average molecular weight is 172 g/mol. The van der Waals surface area contributed by atoms with Crippen molar-refractivity contribution in [2.24, 2.45) is 4.99 Å². The van der Waals surface area contributed by atoms with Crippen molar-refractivity contribution in [3.8, 4) is 0 Å². The molecule has 0 saturated heterocycles. The molecule has 0 fully saturated rings. The Labute approximate surface area is 71.3 Å². The fraction of sp³-hybridized carbons (Fsp3) is 0.250. The minimum atomic E-state index is -0.0679. The number of carbonyl (C=O) groups is 1. The molecule has 0 atom stereocenters. The second-order valence-corrected chi connectivity index (χ2v) is 2.52. The summed E-state index contributed by atoms with van der Waals surface area (Å²) in [6.45, 7) is 6.55. The van der Waals surface area contributed by atoms with Crippen LogP contribution in [0.4, 0.5) is 0 Å². The first-order chi connectivity index (χ1) is 5.07. The van der Waals surface area contributed by atoms with Crippen LogP contribution in [-0.4, -0.2) is 11.0 Å². The Kier molecular flexibility index (Phi) is 4.46. The van der Waals surface area contributed by atoms with Crippen molar-refractivity contribution >= 4 is 22.6 Å². The van der Waals surface area contributed by atoms with E-state index in [4.69, 9.17) is 11.6 Å². The molecule has 0 bridgehead atoms. The van der Waals surface area contributed by atoms with E-state index >= 15 is 0 Å². The number of carbonyl (C=O) groups excluding carboxylic acids is 1. The third-order valence-electron chi connectivity index (χ3n) is 1.01. The summed E-state index contributed by atoms with van der Waals surface area (Å²) in [7, 11) is 0. The Morgan fingerprint density at radius 1 is 1.55 bits per heavy atom. The SMILES string of the molecule is C=C/C(=C\N=C(C)Cl)C(C)=O. The number of ketones is 1. The lowest BCUT2D eigenvalue weighted by molar-refractivity contribution is -0.113. The number of nitrogens with zero attached hydrogens (tertiary/aromatic N) is 1. The summed E-state index contributed by atoms with van der Waals surface area (Å²) in [6.07, 6.45) is 2.85. The van der Waals surface area contributed by atoms with E-state index < -0.39 is 0 Å². The number of rotatable bonds is 3. The van der Waals surface area contributed by atoms with Crippen LogP contribution in [0.3, 0.4) is 0 Å². The van der Waals surface area contributed by atoms with E-state index in [-0.39, 0.29) is 5.78 Å². The minimum Gasteiger partial charge on any atom is -0.294 e. The number of Topliss-reactive ketones (excluding diaryl/α,β-unsaturated/α-hetero) is 1. The predicted octanol–water partition coefficient (Wildman–Crippen LogP) is 2.30. The lowest BCUT2D eigenvalue weighted by Crippen LogP contribution is -1.91. The van der Waals surface area contributed by atoms with Crippen molar-refractivity contribution in [1.29, 1.82) is 0 Å². The average Bonchev–Trinajstić information content (AvgIpc) is 1.87. The molecule has 11 heavy (non-hydrogen) atoms. The number of hydrogen-bond acceptors (Lipinski definition) is 2. The summed E-state index contributed by atoms with van der Waals surface area (Å²) in [5.74, 6) is -0.0679. The molecule has 0 heterocycles. The topological polar surface area (TPSA) is 29.4 Å². The van der Waals surface area contributed by atoms with Crippen molar-refractivity contribution in [2.75, 3.05) is 0 Å². The third-order valence-corrected chi connectivity index (χ3v) is 1.11. The third kappa shape index (κ3) is 4.51. The van der Waals surface area contributed by atoms with Gasteiger partial charge >= 0.3 is 0 Å². The number of halogens is 1. The molecule has 2 nitrogen and oxygen atoms in total. The maximum absolute atomic E-state index is 10.7. The zero-order valence-corrected chi connectivity index (χ0v) is 7.35. The van der Waals surface area contributed by atoms with E-state index in [0.29, 0.717) is 10.7 Å². The van der Waals surface area contributed by atoms with Gasteiger partial charge in [0.1, 0.15) is 5.17 Å². The molecule has 0 aliphatic carbocycles. The minimum absolute atomic E-state index is 0.0679. The Morgan fingerprint density at radius 3 is 2.36 bits per heavy atom. The van der Waals surface area contributed by atoms with Gasteiger partial charge in [0.05, 0.1) is 0 Å². The molecule has 0 aromatic carbocycles. The van der Waals surface area contributed by atoms with E-state index in [1.54, 1.807) is 6.92 Å². The fourth-order valence-corrected chi connectivity index (χ4v) is 0.495. The molecule has 0 unspecified atom stereocenters. The summed E-state index contributed by atoms with van der Waals surface area (Å²) in [6, 6.07) is 0. The van der Waals surface area contributed by atoms with E-state index in [1.807, 2.05) is 0 Å². The smallest absolute Gasteiger partial charge is 0.161 e. The van der Waals surface area contributed by atoms with Crippen molar-refractivity contribution in [2.45, 2.75) is 13.8 Å². The normalized spacial score (nSPS) is 13.0. The van der Waals surface area contributed by atoms with Crippen molar-refractivity contribution in [3.05, 3.63) is 24.4 Å². The second-order valence-electron chi connectivity index (χ2n) is 1.97. The zero-order chi connectivity index (χ0) is 8.85. The molecule has 0 N–H and O–H groups in total. The summed E-state index contributed by atoms with van der Waals surface area (Å²) < 4.78 is 0. The molecule has 0 saturated carbocycles. The number of hydrogen-bond donors (Lipinski definition) is 0. The molecule has 0 aliphatic heterocycles. The van der Waals surface area contributed by atoms with Gasteiger partial charge in [0.15, 0.2) is 5.78 Å². The molecule has 0 aliphatic rings. The Bertz CT molecular complexity index is 224. The first-order valence-corrected chi connectivity index (χ1v) is 3.49. The monoisotopic (exact) mass is 171 g/mol. The van der Waals surface area contributed by atoms with Gasteiger partial charge < -0.3 is 0 Å². The van der Waals surface area contributed by atoms with Gasteiger partial charge in [-0.25, -0.2) is 4.99 Å². The van der Waals surface area contributed by atoms with Crippen LogP contribution in [0, 0.1) is 0 Å². The van der Waals surface area contributed by atoms with Gasteiger partial charge in [-0.2, -0.15) is 0 Å². The largest absolute Gasteiger partial charge is 0.294 e. The zero-order valence-electron chi connectivity index (χ0n) is 6.60. The highest BCUT2D eigenvalue weighted by Gasteiger charge is 1.95. The molecule has 0 spiro atoms. The molecule has 0 radical (unpaired) electrons. The Morgan fingerprint density at radius 2 is 2.09 bits per heavy atom. The van der Waals surface area contributed by atoms with Crippen LogP contribution >= 0.6 is 11.6 Å². The van der Waals surface area contributed by atoms with Gasteiger partial charge in [0.2, 0.25) is 0 Å². The Hall–Kier alpha value is -0.890. The van der Waals surface area contributed by atoms with Crippen molar-refractivity contribution in [3.63, 3.8) is 0 Å². The van der Waals surface area contributed by atoms with Gasteiger partial charge in [0.25, 0.3) is 0 Å². The Balaban J connectivity index is 4.50. The summed E-state index contributed by atoms with van der Waals surface area (Å²) in [5.41, 5.74) is 0.463. The first-order valence-electron chi connectivity index (χ1n) is 3.11.